The molecule has 3 aromatic rings. The van der Waals surface area contributed by atoms with Crippen molar-refractivity contribution in [2.75, 3.05) is 6.54 Å². The summed E-state index contributed by atoms with van der Waals surface area (Å²) < 4.78 is 1.72. The van der Waals surface area contributed by atoms with E-state index in [2.05, 4.69) is 25.7 Å². The Kier molecular flexibility index (Phi) is 6.68. The summed E-state index contributed by atoms with van der Waals surface area (Å²) in [5, 5.41) is 11.9. The van der Waals surface area contributed by atoms with Gasteiger partial charge in [0.15, 0.2) is 5.96 Å². The first-order valence-corrected chi connectivity index (χ1v) is 9.31. The standard InChI is InChI=1S/C19H20Cl2N6/c1-2-23-19(25-11-15-5-6-16(20)9-18(15)21)24-10-14-3-7-17(8-4-14)27-13-22-12-26-27/h3-9,12-13H,2,10-11H2,1H3,(H2,23,24,25). The van der Waals surface area contributed by atoms with Crippen molar-refractivity contribution in [2.45, 2.75) is 20.0 Å². The van der Waals surface area contributed by atoms with Crippen LogP contribution in [0.3, 0.4) is 0 Å². The van der Waals surface area contributed by atoms with Crippen LogP contribution in [0, 0.1) is 0 Å². The second-order valence-electron chi connectivity index (χ2n) is 5.79. The van der Waals surface area contributed by atoms with Crippen LogP contribution in [0.1, 0.15) is 18.1 Å². The second-order valence-corrected chi connectivity index (χ2v) is 6.63. The van der Waals surface area contributed by atoms with Crippen molar-refractivity contribution in [3.8, 4) is 5.69 Å². The average molecular weight is 403 g/mol. The first-order valence-electron chi connectivity index (χ1n) is 8.55. The summed E-state index contributed by atoms with van der Waals surface area (Å²) in [5.41, 5.74) is 3.02. The van der Waals surface area contributed by atoms with E-state index in [0.717, 1.165) is 29.3 Å². The predicted molar refractivity (Wildman–Crippen MR) is 109 cm³/mol. The lowest BCUT2D eigenvalue weighted by atomic mass is 10.2. The molecule has 1 aromatic heterocycles. The van der Waals surface area contributed by atoms with Gasteiger partial charge >= 0.3 is 0 Å². The molecule has 0 fully saturated rings. The normalized spacial score (nSPS) is 11.4. The minimum Gasteiger partial charge on any atom is -0.357 e. The Labute approximate surface area is 168 Å². The van der Waals surface area contributed by atoms with Crippen LogP contribution >= 0.6 is 23.2 Å². The molecule has 0 aliphatic carbocycles. The van der Waals surface area contributed by atoms with E-state index in [0.29, 0.717) is 23.1 Å². The Morgan fingerprint density at radius 3 is 2.59 bits per heavy atom. The van der Waals surface area contributed by atoms with Gasteiger partial charge in [-0.15, -0.1) is 0 Å². The molecule has 0 saturated carbocycles. The van der Waals surface area contributed by atoms with Crippen molar-refractivity contribution in [1.82, 2.24) is 25.4 Å². The molecule has 0 radical (unpaired) electrons. The van der Waals surface area contributed by atoms with Gasteiger partial charge < -0.3 is 10.6 Å². The van der Waals surface area contributed by atoms with Crippen LogP contribution < -0.4 is 10.6 Å². The summed E-state index contributed by atoms with van der Waals surface area (Å²) in [4.78, 5) is 8.58. The fraction of sp³-hybridized carbons (Fsp3) is 0.211. The Morgan fingerprint density at radius 1 is 1.11 bits per heavy atom. The monoisotopic (exact) mass is 402 g/mol. The summed E-state index contributed by atoms with van der Waals surface area (Å²) in [5.74, 6) is 0.726. The van der Waals surface area contributed by atoms with Crippen LogP contribution in [0.15, 0.2) is 60.1 Å². The lowest BCUT2D eigenvalue weighted by molar-refractivity contribution is 0.816. The molecule has 1 heterocycles. The summed E-state index contributed by atoms with van der Waals surface area (Å²) >= 11 is 12.2. The van der Waals surface area contributed by atoms with Gasteiger partial charge in [-0.2, -0.15) is 5.10 Å². The lowest BCUT2D eigenvalue weighted by Crippen LogP contribution is -2.36. The van der Waals surface area contributed by atoms with Crippen molar-refractivity contribution < 1.29 is 0 Å². The molecule has 0 bridgehead atoms. The van der Waals surface area contributed by atoms with Gasteiger partial charge in [-0.1, -0.05) is 41.4 Å². The Hall–Kier alpha value is -2.57. The molecule has 6 nitrogen and oxygen atoms in total. The molecule has 0 saturated heterocycles. The van der Waals surface area contributed by atoms with E-state index < -0.39 is 0 Å². The van der Waals surface area contributed by atoms with E-state index >= 15 is 0 Å². The maximum absolute atomic E-state index is 6.22. The SMILES string of the molecule is CCNC(=NCc1ccc(-n2cncn2)cc1)NCc1ccc(Cl)cc1Cl. The van der Waals surface area contributed by atoms with Gasteiger partial charge in [0.2, 0.25) is 0 Å². The fourth-order valence-corrected chi connectivity index (χ4v) is 2.93. The van der Waals surface area contributed by atoms with Crippen molar-refractivity contribution in [2.24, 2.45) is 4.99 Å². The second kappa shape index (κ2) is 9.39. The third-order valence-electron chi connectivity index (χ3n) is 3.84. The first kappa shape index (κ1) is 19.2. The van der Waals surface area contributed by atoms with E-state index in [1.807, 2.05) is 43.3 Å². The van der Waals surface area contributed by atoms with E-state index in [1.165, 1.54) is 6.33 Å². The molecule has 27 heavy (non-hydrogen) atoms. The van der Waals surface area contributed by atoms with Crippen molar-refractivity contribution in [3.05, 3.63) is 76.3 Å². The molecule has 8 heteroatoms. The number of guanidine groups is 1. The van der Waals surface area contributed by atoms with Crippen LogP contribution in [0.2, 0.25) is 10.0 Å². The van der Waals surface area contributed by atoms with Gasteiger partial charge in [0.25, 0.3) is 0 Å². The van der Waals surface area contributed by atoms with Gasteiger partial charge in [0.1, 0.15) is 12.7 Å². The van der Waals surface area contributed by atoms with Gasteiger partial charge in [0.05, 0.1) is 12.2 Å². The summed E-state index contributed by atoms with van der Waals surface area (Å²) in [6.45, 7) is 3.92. The molecule has 0 aliphatic rings. The predicted octanol–water partition coefficient (Wildman–Crippen LogP) is 3.83. The maximum Gasteiger partial charge on any atom is 0.191 e. The largest absolute Gasteiger partial charge is 0.357 e. The third-order valence-corrected chi connectivity index (χ3v) is 4.43. The molecule has 2 N–H and O–H groups in total. The molecule has 0 unspecified atom stereocenters. The zero-order valence-corrected chi connectivity index (χ0v) is 16.4. The number of benzene rings is 2. The van der Waals surface area contributed by atoms with Gasteiger partial charge in [0, 0.05) is 23.1 Å². The van der Waals surface area contributed by atoms with E-state index in [4.69, 9.17) is 23.2 Å². The minimum absolute atomic E-state index is 0.557. The number of nitrogens with zero attached hydrogens (tertiary/aromatic N) is 4. The van der Waals surface area contributed by atoms with Crippen LogP contribution in [0.25, 0.3) is 5.69 Å². The molecule has 0 spiro atoms. The Bertz CT molecular complexity index is 891. The van der Waals surface area contributed by atoms with Crippen LogP contribution in [0.5, 0.6) is 0 Å². The fourth-order valence-electron chi connectivity index (χ4n) is 2.45. The Balaban J connectivity index is 1.63. The minimum atomic E-state index is 0.557. The Morgan fingerprint density at radius 2 is 1.93 bits per heavy atom. The lowest BCUT2D eigenvalue weighted by Gasteiger charge is -2.12. The molecule has 0 atom stereocenters. The van der Waals surface area contributed by atoms with Crippen LogP contribution in [-0.2, 0) is 13.1 Å². The number of rotatable bonds is 6. The van der Waals surface area contributed by atoms with Crippen molar-refractivity contribution in [1.29, 1.82) is 0 Å². The molecule has 3 rings (SSSR count). The molecular formula is C19H20Cl2N6. The van der Waals surface area contributed by atoms with E-state index in [1.54, 1.807) is 17.1 Å². The van der Waals surface area contributed by atoms with Crippen molar-refractivity contribution >= 4 is 29.2 Å². The van der Waals surface area contributed by atoms with E-state index in [9.17, 15) is 0 Å². The molecule has 0 amide bonds. The number of nitrogens with one attached hydrogen (secondary N) is 2. The highest BCUT2D eigenvalue weighted by Crippen LogP contribution is 2.20. The number of halogens is 2. The molecule has 2 aromatic carbocycles. The van der Waals surface area contributed by atoms with Crippen LogP contribution in [-0.4, -0.2) is 27.3 Å². The third kappa shape index (κ3) is 5.45. The smallest absolute Gasteiger partial charge is 0.191 e. The van der Waals surface area contributed by atoms with Gasteiger partial charge in [-0.05, 0) is 42.3 Å². The highest BCUT2D eigenvalue weighted by molar-refractivity contribution is 6.35. The van der Waals surface area contributed by atoms with E-state index in [-0.39, 0.29) is 0 Å². The highest BCUT2D eigenvalue weighted by atomic mass is 35.5. The first-order chi connectivity index (χ1) is 13.2. The maximum atomic E-state index is 6.22. The van der Waals surface area contributed by atoms with Gasteiger partial charge in [-0.3, -0.25) is 0 Å². The zero-order valence-electron chi connectivity index (χ0n) is 14.9. The summed E-state index contributed by atoms with van der Waals surface area (Å²) in [6, 6.07) is 13.5. The quantitative estimate of drug-likeness (QED) is 0.485. The summed E-state index contributed by atoms with van der Waals surface area (Å²) in [6.07, 6.45) is 3.18. The van der Waals surface area contributed by atoms with Crippen molar-refractivity contribution in [3.63, 3.8) is 0 Å². The number of aromatic nitrogens is 3. The molecular weight excluding hydrogens is 383 g/mol. The zero-order chi connectivity index (χ0) is 19.1. The number of aliphatic imine (C=N–C) groups is 1. The topological polar surface area (TPSA) is 67.1 Å². The number of hydrogen-bond acceptors (Lipinski definition) is 3. The molecule has 140 valence electrons. The summed E-state index contributed by atoms with van der Waals surface area (Å²) in [7, 11) is 0. The molecule has 0 aliphatic heterocycles. The van der Waals surface area contributed by atoms with Gasteiger partial charge in [-0.25, -0.2) is 14.7 Å². The average Bonchev–Trinajstić information content (AvgIpc) is 3.20. The highest BCUT2D eigenvalue weighted by Gasteiger charge is 2.04. The van der Waals surface area contributed by atoms with Crippen LogP contribution in [0.4, 0.5) is 0 Å². The number of hydrogen-bond donors (Lipinski definition) is 2.